The van der Waals surface area contributed by atoms with E-state index in [1.165, 1.54) is 18.4 Å². The molecule has 5 aromatic rings. The normalized spacial score (nSPS) is 11.0. The second-order valence-corrected chi connectivity index (χ2v) is 10.6. The van der Waals surface area contributed by atoms with E-state index in [-0.39, 0.29) is 11.5 Å². The standard InChI is InChI=1S/C29H19Cl3N2O3S/c1-15-24(20-5-3-4-6-23(20)33-26(15)19-12-11-18(31)13-22(19)32)27(35)34-28-25(29(36)37-2)21(14-38-28)16-7-9-17(30)10-8-16/h3-14H,1-2H3,(H,34,35). The smallest absolute Gasteiger partial charge is 0.341 e. The minimum absolute atomic E-state index is 0.269. The van der Waals surface area contributed by atoms with Crippen LogP contribution in [0.3, 0.4) is 0 Å². The first kappa shape index (κ1) is 26.2. The summed E-state index contributed by atoms with van der Waals surface area (Å²) in [5, 5.41) is 7.30. The van der Waals surface area contributed by atoms with Gasteiger partial charge in [0.05, 0.1) is 28.9 Å². The van der Waals surface area contributed by atoms with Crippen molar-refractivity contribution in [2.75, 3.05) is 12.4 Å². The number of rotatable bonds is 5. The largest absolute Gasteiger partial charge is 0.465 e. The van der Waals surface area contributed by atoms with Crippen LogP contribution in [0.1, 0.15) is 26.3 Å². The molecule has 2 aromatic heterocycles. The van der Waals surface area contributed by atoms with E-state index in [1.54, 1.807) is 30.3 Å². The van der Waals surface area contributed by atoms with Crippen molar-refractivity contribution in [3.63, 3.8) is 0 Å². The van der Waals surface area contributed by atoms with E-state index in [1.807, 2.05) is 48.7 Å². The molecule has 0 unspecified atom stereocenters. The van der Waals surface area contributed by atoms with E-state index in [4.69, 9.17) is 44.5 Å². The van der Waals surface area contributed by atoms with Gasteiger partial charge in [-0.05, 0) is 54.4 Å². The Morgan fingerprint density at radius 3 is 2.32 bits per heavy atom. The fourth-order valence-electron chi connectivity index (χ4n) is 4.31. The average molecular weight is 582 g/mol. The molecule has 0 spiro atoms. The molecule has 2 heterocycles. The van der Waals surface area contributed by atoms with Crippen molar-refractivity contribution in [1.82, 2.24) is 4.98 Å². The molecule has 38 heavy (non-hydrogen) atoms. The summed E-state index contributed by atoms with van der Waals surface area (Å²) in [4.78, 5) is 31.5. The number of nitrogens with one attached hydrogen (secondary N) is 1. The van der Waals surface area contributed by atoms with Gasteiger partial charge >= 0.3 is 5.97 Å². The van der Waals surface area contributed by atoms with Gasteiger partial charge in [-0.1, -0.05) is 65.1 Å². The van der Waals surface area contributed by atoms with Crippen molar-refractivity contribution in [1.29, 1.82) is 0 Å². The van der Waals surface area contributed by atoms with Crippen molar-refractivity contribution in [2.45, 2.75) is 6.92 Å². The highest BCUT2D eigenvalue weighted by Gasteiger charge is 2.25. The van der Waals surface area contributed by atoms with Crippen molar-refractivity contribution in [2.24, 2.45) is 0 Å². The summed E-state index contributed by atoms with van der Waals surface area (Å²) in [5.74, 6) is -0.946. The molecule has 0 bridgehead atoms. The van der Waals surface area contributed by atoms with E-state index in [0.717, 1.165) is 5.56 Å². The van der Waals surface area contributed by atoms with Crippen LogP contribution in [0, 0.1) is 6.92 Å². The minimum Gasteiger partial charge on any atom is -0.465 e. The quantitative estimate of drug-likeness (QED) is 0.210. The molecule has 5 nitrogen and oxygen atoms in total. The SMILES string of the molecule is COC(=O)c1c(-c2ccc(Cl)cc2)csc1NC(=O)c1c(C)c(-c2ccc(Cl)cc2Cl)nc2ccccc12. The summed E-state index contributed by atoms with van der Waals surface area (Å²) in [6.07, 6.45) is 0. The third-order valence-corrected chi connectivity index (χ3v) is 7.81. The van der Waals surface area contributed by atoms with Crippen LogP contribution in [0.5, 0.6) is 0 Å². The van der Waals surface area contributed by atoms with Crippen LogP contribution in [-0.4, -0.2) is 24.0 Å². The number of carbonyl (C=O) groups excluding carboxylic acids is 2. The molecule has 0 saturated heterocycles. The molecular weight excluding hydrogens is 563 g/mol. The van der Waals surface area contributed by atoms with Crippen molar-refractivity contribution in [3.05, 3.63) is 104 Å². The fraction of sp³-hybridized carbons (Fsp3) is 0.0690. The van der Waals surface area contributed by atoms with Gasteiger partial charge in [-0.3, -0.25) is 4.79 Å². The van der Waals surface area contributed by atoms with Crippen molar-refractivity contribution < 1.29 is 14.3 Å². The molecule has 9 heteroatoms. The predicted molar refractivity (Wildman–Crippen MR) is 156 cm³/mol. The number of benzene rings is 3. The monoisotopic (exact) mass is 580 g/mol. The molecule has 190 valence electrons. The molecular formula is C29H19Cl3N2O3S. The number of hydrogen-bond donors (Lipinski definition) is 1. The summed E-state index contributed by atoms with van der Waals surface area (Å²) in [6.45, 7) is 1.82. The third-order valence-electron chi connectivity index (χ3n) is 6.11. The minimum atomic E-state index is -0.559. The summed E-state index contributed by atoms with van der Waals surface area (Å²) in [7, 11) is 1.31. The Balaban J connectivity index is 1.63. The van der Waals surface area contributed by atoms with Gasteiger partial charge in [-0.2, -0.15) is 0 Å². The topological polar surface area (TPSA) is 68.3 Å². The lowest BCUT2D eigenvalue weighted by Crippen LogP contribution is -2.17. The Hall–Kier alpha value is -3.42. The number of thiophene rings is 1. The maximum absolute atomic E-state index is 13.9. The van der Waals surface area contributed by atoms with Crippen LogP contribution in [0.15, 0.2) is 72.1 Å². The number of nitrogens with zero attached hydrogens (tertiary/aromatic N) is 1. The molecule has 0 saturated carbocycles. The van der Waals surface area contributed by atoms with Gasteiger partial charge in [-0.25, -0.2) is 9.78 Å². The van der Waals surface area contributed by atoms with Crippen LogP contribution < -0.4 is 5.32 Å². The molecule has 3 aromatic carbocycles. The second-order valence-electron chi connectivity index (χ2n) is 8.41. The van der Waals surface area contributed by atoms with Gasteiger partial charge < -0.3 is 10.1 Å². The maximum atomic E-state index is 13.9. The number of aromatic nitrogens is 1. The highest BCUT2D eigenvalue weighted by molar-refractivity contribution is 7.15. The van der Waals surface area contributed by atoms with E-state index in [9.17, 15) is 9.59 Å². The molecule has 1 amide bonds. The zero-order valence-corrected chi connectivity index (χ0v) is 23.2. The highest BCUT2D eigenvalue weighted by Crippen LogP contribution is 2.39. The van der Waals surface area contributed by atoms with Crippen LogP contribution in [0.2, 0.25) is 15.1 Å². The van der Waals surface area contributed by atoms with Crippen LogP contribution >= 0.6 is 46.1 Å². The number of para-hydroxylation sites is 1. The fourth-order valence-corrected chi connectivity index (χ4v) is 5.88. The Labute approximate surface area is 238 Å². The summed E-state index contributed by atoms with van der Waals surface area (Å²) in [5.41, 5.74) is 4.60. The number of esters is 1. The molecule has 1 N–H and O–H groups in total. The van der Waals surface area contributed by atoms with E-state index < -0.39 is 5.97 Å². The number of ether oxygens (including phenoxy) is 1. The molecule has 5 rings (SSSR count). The van der Waals surface area contributed by atoms with Crippen LogP contribution in [-0.2, 0) is 4.74 Å². The Bertz CT molecular complexity index is 1720. The first-order valence-corrected chi connectivity index (χ1v) is 13.4. The average Bonchev–Trinajstić information content (AvgIpc) is 3.31. The number of pyridine rings is 1. The van der Waals surface area contributed by atoms with E-state index >= 15 is 0 Å². The lowest BCUT2D eigenvalue weighted by Gasteiger charge is -2.16. The molecule has 0 aliphatic carbocycles. The maximum Gasteiger partial charge on any atom is 0.341 e. The highest BCUT2D eigenvalue weighted by atomic mass is 35.5. The zero-order chi connectivity index (χ0) is 27.0. The number of halogens is 3. The number of hydrogen-bond acceptors (Lipinski definition) is 5. The van der Waals surface area contributed by atoms with Gasteiger partial charge in [0, 0.05) is 31.9 Å². The number of carbonyl (C=O) groups is 2. The van der Waals surface area contributed by atoms with Gasteiger partial charge in [-0.15, -0.1) is 11.3 Å². The van der Waals surface area contributed by atoms with Crippen molar-refractivity contribution >= 4 is 73.9 Å². The Kier molecular flexibility index (Phi) is 7.41. The first-order valence-electron chi connectivity index (χ1n) is 11.4. The van der Waals surface area contributed by atoms with Gasteiger partial charge in [0.25, 0.3) is 5.91 Å². The van der Waals surface area contributed by atoms with Crippen molar-refractivity contribution in [3.8, 4) is 22.4 Å². The third kappa shape index (κ3) is 4.88. The summed E-state index contributed by atoms with van der Waals surface area (Å²) in [6, 6.07) is 19.6. The lowest BCUT2D eigenvalue weighted by molar-refractivity contribution is 0.0603. The van der Waals surface area contributed by atoms with Gasteiger partial charge in [0.2, 0.25) is 0 Å². The van der Waals surface area contributed by atoms with Crippen LogP contribution in [0.25, 0.3) is 33.3 Å². The van der Waals surface area contributed by atoms with Gasteiger partial charge in [0.15, 0.2) is 0 Å². The number of methoxy groups -OCH3 is 1. The predicted octanol–water partition coefficient (Wildman–Crippen LogP) is 8.94. The molecule has 0 atom stereocenters. The second kappa shape index (κ2) is 10.8. The number of amides is 1. The molecule has 0 fully saturated rings. The number of fused-ring (bicyclic) bond motifs is 1. The molecule has 0 radical (unpaired) electrons. The molecule has 0 aliphatic heterocycles. The first-order chi connectivity index (χ1) is 18.3. The van der Waals surface area contributed by atoms with Gasteiger partial charge in [0.1, 0.15) is 10.6 Å². The summed E-state index contributed by atoms with van der Waals surface area (Å²) >= 11 is 19.9. The zero-order valence-electron chi connectivity index (χ0n) is 20.1. The van der Waals surface area contributed by atoms with Crippen LogP contribution in [0.4, 0.5) is 5.00 Å². The Morgan fingerprint density at radius 1 is 0.895 bits per heavy atom. The van der Waals surface area contributed by atoms with E-state index in [2.05, 4.69) is 5.32 Å². The van der Waals surface area contributed by atoms with E-state index in [0.29, 0.717) is 58.9 Å². The summed E-state index contributed by atoms with van der Waals surface area (Å²) < 4.78 is 5.06. The number of anilines is 1. The Morgan fingerprint density at radius 2 is 1.61 bits per heavy atom. The lowest BCUT2D eigenvalue weighted by atomic mass is 9.97. The molecule has 0 aliphatic rings.